The fourth-order valence-corrected chi connectivity index (χ4v) is 2.82. The van der Waals surface area contributed by atoms with Crippen LogP contribution in [0.15, 0.2) is 23.1 Å². The lowest BCUT2D eigenvalue weighted by molar-refractivity contribution is -0.123. The molecule has 0 heterocycles. The molecule has 0 bridgehead atoms. The summed E-state index contributed by atoms with van der Waals surface area (Å²) in [6.45, 7) is -0.474. The average molecular weight is 351 g/mol. The number of rotatable bonds is 6. The summed E-state index contributed by atoms with van der Waals surface area (Å²) >= 11 is 5.86. The molecule has 0 radical (unpaired) electrons. The highest BCUT2D eigenvalue weighted by Gasteiger charge is 2.25. The Morgan fingerprint density at radius 2 is 2.00 bits per heavy atom. The fourth-order valence-electron chi connectivity index (χ4n) is 1.35. The van der Waals surface area contributed by atoms with Gasteiger partial charge in [-0.15, -0.1) is 0 Å². The minimum atomic E-state index is -4.02. The third-order valence-electron chi connectivity index (χ3n) is 2.65. The molecule has 0 saturated carbocycles. The molecule has 10 heteroatoms. The van der Waals surface area contributed by atoms with Crippen LogP contribution in [0.4, 0.5) is 0 Å². The van der Waals surface area contributed by atoms with Crippen molar-refractivity contribution in [3.63, 3.8) is 0 Å². The van der Waals surface area contributed by atoms with Crippen LogP contribution in [0.2, 0.25) is 5.02 Å². The topological polar surface area (TPSA) is 102 Å². The van der Waals surface area contributed by atoms with Crippen LogP contribution in [-0.2, 0) is 24.4 Å². The SMILES string of the molecule is CNC(=O)COC(=O)c1ccc(Cl)c(S(=O)(=O)N(C)OC)c1. The van der Waals surface area contributed by atoms with Gasteiger partial charge in [-0.25, -0.2) is 13.2 Å². The number of nitrogens with zero attached hydrogens (tertiary/aromatic N) is 1. The molecule has 0 saturated heterocycles. The van der Waals surface area contributed by atoms with Gasteiger partial charge in [-0.1, -0.05) is 16.1 Å². The van der Waals surface area contributed by atoms with Gasteiger partial charge in [0.05, 0.1) is 17.7 Å². The predicted molar refractivity (Wildman–Crippen MR) is 77.8 cm³/mol. The molecular formula is C12H15ClN2O6S. The van der Waals surface area contributed by atoms with Crippen molar-refractivity contribution in [1.29, 1.82) is 0 Å². The highest BCUT2D eigenvalue weighted by molar-refractivity contribution is 7.89. The molecule has 22 heavy (non-hydrogen) atoms. The molecule has 0 fully saturated rings. The summed E-state index contributed by atoms with van der Waals surface area (Å²) in [6.07, 6.45) is 0. The Morgan fingerprint density at radius 1 is 1.36 bits per heavy atom. The zero-order valence-electron chi connectivity index (χ0n) is 12.1. The molecule has 0 unspecified atom stereocenters. The second kappa shape index (κ2) is 7.54. The van der Waals surface area contributed by atoms with E-state index < -0.39 is 28.5 Å². The van der Waals surface area contributed by atoms with Crippen molar-refractivity contribution >= 4 is 33.5 Å². The van der Waals surface area contributed by atoms with Gasteiger partial charge in [0.1, 0.15) is 4.90 Å². The van der Waals surface area contributed by atoms with Crippen LogP contribution < -0.4 is 5.32 Å². The number of esters is 1. The van der Waals surface area contributed by atoms with E-state index in [1.807, 2.05) is 0 Å². The van der Waals surface area contributed by atoms with Gasteiger partial charge in [0.2, 0.25) is 0 Å². The maximum Gasteiger partial charge on any atom is 0.338 e. The van der Waals surface area contributed by atoms with Crippen molar-refractivity contribution < 1.29 is 27.6 Å². The molecule has 0 aliphatic heterocycles. The molecule has 1 rings (SSSR count). The molecular weight excluding hydrogens is 336 g/mol. The number of hydroxylamine groups is 1. The van der Waals surface area contributed by atoms with E-state index in [1.54, 1.807) is 0 Å². The lowest BCUT2D eigenvalue weighted by atomic mass is 10.2. The number of hydrogen-bond acceptors (Lipinski definition) is 6. The van der Waals surface area contributed by atoms with Crippen molar-refractivity contribution in [1.82, 2.24) is 9.79 Å². The lowest BCUT2D eigenvalue weighted by Crippen LogP contribution is -2.27. The molecule has 1 aromatic rings. The number of sulfonamides is 1. The van der Waals surface area contributed by atoms with Gasteiger partial charge in [0.15, 0.2) is 6.61 Å². The normalized spacial score (nSPS) is 11.3. The number of carbonyl (C=O) groups is 2. The summed E-state index contributed by atoms with van der Waals surface area (Å²) in [5, 5.41) is 2.21. The van der Waals surface area contributed by atoms with Crippen LogP contribution in [0.1, 0.15) is 10.4 Å². The monoisotopic (exact) mass is 350 g/mol. The maximum atomic E-state index is 12.2. The van der Waals surface area contributed by atoms with Gasteiger partial charge in [-0.3, -0.25) is 9.63 Å². The Bertz CT molecular complexity index is 676. The van der Waals surface area contributed by atoms with E-state index in [1.165, 1.54) is 33.3 Å². The Balaban J connectivity index is 3.10. The Kier molecular flexibility index (Phi) is 6.30. The molecule has 0 aromatic heterocycles. The molecule has 0 aliphatic rings. The lowest BCUT2D eigenvalue weighted by Gasteiger charge is -2.15. The van der Waals surface area contributed by atoms with Gasteiger partial charge >= 0.3 is 5.97 Å². The predicted octanol–water partition coefficient (Wildman–Crippen LogP) is 0.425. The first-order valence-electron chi connectivity index (χ1n) is 5.94. The number of amides is 1. The van der Waals surface area contributed by atoms with Crippen LogP contribution >= 0.6 is 11.6 Å². The van der Waals surface area contributed by atoms with Gasteiger partial charge < -0.3 is 10.1 Å². The second-order valence-corrected chi connectivity index (χ2v) is 6.30. The fraction of sp³-hybridized carbons (Fsp3) is 0.333. The van der Waals surface area contributed by atoms with Gasteiger partial charge in [0.25, 0.3) is 15.9 Å². The van der Waals surface area contributed by atoms with Crippen molar-refractivity contribution in [2.45, 2.75) is 4.90 Å². The number of carbonyl (C=O) groups excluding carboxylic acids is 2. The third-order valence-corrected chi connectivity index (χ3v) is 4.81. The van der Waals surface area contributed by atoms with Crippen LogP contribution in [0.5, 0.6) is 0 Å². The summed E-state index contributed by atoms with van der Waals surface area (Å²) in [5.74, 6) is -1.34. The summed E-state index contributed by atoms with van der Waals surface area (Å²) < 4.78 is 29.7. The van der Waals surface area contributed by atoms with Crippen molar-refractivity contribution in [3.05, 3.63) is 28.8 Å². The van der Waals surface area contributed by atoms with E-state index in [0.29, 0.717) is 4.47 Å². The third kappa shape index (κ3) is 4.17. The Hall–Kier alpha value is -1.68. The molecule has 0 spiro atoms. The first kappa shape index (κ1) is 18.4. The highest BCUT2D eigenvalue weighted by Crippen LogP contribution is 2.25. The molecule has 1 aromatic carbocycles. The smallest absolute Gasteiger partial charge is 0.338 e. The van der Waals surface area contributed by atoms with Crippen LogP contribution in [0, 0.1) is 0 Å². The summed E-state index contributed by atoms with van der Waals surface area (Å²) in [7, 11) is -0.271. The minimum Gasteiger partial charge on any atom is -0.452 e. The van der Waals surface area contributed by atoms with E-state index in [9.17, 15) is 18.0 Å². The second-order valence-electron chi connectivity index (χ2n) is 3.99. The largest absolute Gasteiger partial charge is 0.452 e. The zero-order valence-corrected chi connectivity index (χ0v) is 13.7. The number of likely N-dealkylation sites (N-methyl/N-ethyl adjacent to an activating group) is 1. The standard InChI is InChI=1S/C12H15ClN2O6S/c1-14-11(16)7-21-12(17)8-4-5-9(13)10(6-8)22(18,19)15(2)20-3/h4-6H,7H2,1-3H3,(H,14,16). The number of halogens is 1. The van der Waals surface area contributed by atoms with Crippen LogP contribution in [-0.4, -0.2) is 52.6 Å². The van der Waals surface area contributed by atoms with Crippen LogP contribution in [0.3, 0.4) is 0 Å². The number of hydrogen-bond donors (Lipinski definition) is 1. The first-order chi connectivity index (χ1) is 10.2. The molecule has 122 valence electrons. The number of benzene rings is 1. The molecule has 0 atom stereocenters. The van der Waals surface area contributed by atoms with Gasteiger partial charge in [-0.2, -0.15) is 0 Å². The molecule has 8 nitrogen and oxygen atoms in total. The van der Waals surface area contributed by atoms with Gasteiger partial charge in [0, 0.05) is 14.1 Å². The highest BCUT2D eigenvalue weighted by atomic mass is 35.5. The summed E-state index contributed by atoms with van der Waals surface area (Å²) in [5.41, 5.74) is -0.0589. The quantitative estimate of drug-likeness (QED) is 0.589. The molecule has 0 aliphatic carbocycles. The van der Waals surface area contributed by atoms with Crippen molar-refractivity contribution in [2.75, 3.05) is 27.8 Å². The average Bonchev–Trinajstić information content (AvgIpc) is 2.51. The molecule has 1 amide bonds. The summed E-state index contributed by atoms with van der Waals surface area (Å²) in [4.78, 5) is 27.2. The van der Waals surface area contributed by atoms with E-state index in [4.69, 9.17) is 16.3 Å². The first-order valence-corrected chi connectivity index (χ1v) is 7.76. The number of nitrogens with one attached hydrogen (secondary N) is 1. The maximum absolute atomic E-state index is 12.2. The van der Waals surface area contributed by atoms with Crippen molar-refractivity contribution in [3.8, 4) is 0 Å². The number of ether oxygens (including phenoxy) is 1. The minimum absolute atomic E-state index is 0.0589. The van der Waals surface area contributed by atoms with E-state index in [2.05, 4.69) is 10.2 Å². The van der Waals surface area contributed by atoms with E-state index in [0.717, 1.165) is 6.07 Å². The Morgan fingerprint density at radius 3 is 2.55 bits per heavy atom. The zero-order chi connectivity index (χ0) is 16.9. The Labute approximate surface area is 132 Å². The molecule has 1 N–H and O–H groups in total. The van der Waals surface area contributed by atoms with Crippen LogP contribution in [0.25, 0.3) is 0 Å². The summed E-state index contributed by atoms with van der Waals surface area (Å²) in [6, 6.07) is 3.59. The van der Waals surface area contributed by atoms with E-state index >= 15 is 0 Å². The van der Waals surface area contributed by atoms with Crippen molar-refractivity contribution in [2.24, 2.45) is 0 Å². The van der Waals surface area contributed by atoms with Gasteiger partial charge in [-0.05, 0) is 18.2 Å². The van der Waals surface area contributed by atoms with E-state index in [-0.39, 0.29) is 15.5 Å².